The molecule has 2 heterocycles. The van der Waals surface area contributed by atoms with E-state index in [-0.39, 0.29) is 11.9 Å². The number of ether oxygens (including phenoxy) is 1. The summed E-state index contributed by atoms with van der Waals surface area (Å²) in [5.41, 5.74) is 2.59. The zero-order valence-corrected chi connectivity index (χ0v) is 16.8. The predicted octanol–water partition coefficient (Wildman–Crippen LogP) is 3.54. The van der Waals surface area contributed by atoms with E-state index in [2.05, 4.69) is 9.97 Å². The van der Waals surface area contributed by atoms with Crippen LogP contribution in [0.15, 0.2) is 60.7 Å². The highest BCUT2D eigenvalue weighted by Crippen LogP contribution is 2.51. The molecule has 1 aliphatic carbocycles. The first-order valence-electron chi connectivity index (χ1n) is 9.92. The average Bonchev–Trinajstić information content (AvgIpc) is 2.79. The molecule has 2 atom stereocenters. The number of hydrogen-bond acceptors (Lipinski definition) is 5. The lowest BCUT2D eigenvalue weighted by molar-refractivity contribution is -0.170. The molecule has 2 aromatic rings. The number of halogens is 4. The summed E-state index contributed by atoms with van der Waals surface area (Å²) >= 11 is 0. The van der Waals surface area contributed by atoms with E-state index in [9.17, 15) is 18.0 Å². The maximum absolute atomic E-state index is 15.3. The van der Waals surface area contributed by atoms with E-state index in [1.165, 1.54) is 6.08 Å². The zero-order valence-electron chi connectivity index (χ0n) is 16.8. The van der Waals surface area contributed by atoms with E-state index < -0.39 is 28.9 Å². The second-order valence-electron chi connectivity index (χ2n) is 7.53. The monoisotopic (exact) mass is 448 g/mol. The summed E-state index contributed by atoms with van der Waals surface area (Å²) in [6.07, 6.45) is -0.364. The highest BCUT2D eigenvalue weighted by atomic mass is 19.4. The summed E-state index contributed by atoms with van der Waals surface area (Å²) in [6.45, 7) is 1.63. The van der Waals surface area contributed by atoms with Gasteiger partial charge in [0.2, 0.25) is 5.95 Å². The number of allylic oxidation sites excluding steroid dienone is 4. The second-order valence-corrected chi connectivity index (χ2v) is 7.53. The van der Waals surface area contributed by atoms with Crippen LogP contribution in [-0.4, -0.2) is 53.3 Å². The molecule has 0 saturated carbocycles. The number of nitrogen functional groups attached to an aromatic ring is 1. The number of rotatable bonds is 3. The fourth-order valence-corrected chi connectivity index (χ4v) is 3.95. The van der Waals surface area contributed by atoms with Gasteiger partial charge in [-0.05, 0) is 17.7 Å². The van der Waals surface area contributed by atoms with Gasteiger partial charge in [0, 0.05) is 42.5 Å². The van der Waals surface area contributed by atoms with Crippen LogP contribution >= 0.6 is 0 Å². The normalized spacial score (nSPS) is 23.7. The molecule has 1 saturated heterocycles. The Morgan fingerprint density at radius 1 is 1.16 bits per heavy atom. The minimum Gasteiger partial charge on any atom is -0.378 e. The largest absolute Gasteiger partial charge is 0.408 e. The molecule has 1 fully saturated rings. The third kappa shape index (κ3) is 3.75. The van der Waals surface area contributed by atoms with Gasteiger partial charge in [0.25, 0.3) is 5.91 Å². The van der Waals surface area contributed by atoms with E-state index in [1.54, 1.807) is 29.2 Å². The van der Waals surface area contributed by atoms with Crippen LogP contribution in [0.25, 0.3) is 0 Å². The number of nitrogens with zero attached hydrogens (tertiary/aromatic N) is 3. The lowest BCUT2D eigenvalue weighted by Crippen LogP contribution is -2.43. The van der Waals surface area contributed by atoms with Gasteiger partial charge in [-0.2, -0.15) is 13.2 Å². The fourth-order valence-electron chi connectivity index (χ4n) is 3.95. The molecule has 0 spiro atoms. The van der Waals surface area contributed by atoms with Gasteiger partial charge in [0.05, 0.1) is 13.2 Å². The fraction of sp³-hybridized carbons (Fsp3) is 0.318. The molecule has 32 heavy (non-hydrogen) atoms. The molecule has 1 aromatic carbocycles. The van der Waals surface area contributed by atoms with Crippen molar-refractivity contribution in [1.29, 1.82) is 0 Å². The molecule has 2 aliphatic rings. The number of morpholine rings is 1. The second kappa shape index (κ2) is 8.34. The maximum Gasteiger partial charge on any atom is 0.408 e. The summed E-state index contributed by atoms with van der Waals surface area (Å²) < 4.78 is 62.9. The molecular weight excluding hydrogens is 428 g/mol. The SMILES string of the molecule is Nc1ncc(C2(C(F)(F)F)C=CC(c3ccccc3C(=O)N3CCOCC3)C=C2F)cn1. The number of carbonyl (C=O) groups excluding carboxylic acids is 1. The lowest BCUT2D eigenvalue weighted by Gasteiger charge is -2.35. The number of aromatic nitrogens is 2. The number of hydrogen-bond donors (Lipinski definition) is 1. The molecule has 6 nitrogen and oxygen atoms in total. The summed E-state index contributed by atoms with van der Waals surface area (Å²) in [5, 5.41) is 0. The average molecular weight is 448 g/mol. The lowest BCUT2D eigenvalue weighted by atomic mass is 9.73. The van der Waals surface area contributed by atoms with E-state index in [1.807, 2.05) is 0 Å². The standard InChI is InChI=1S/C22H20F4N4O2/c23-18-11-14(5-6-21(18,22(24,25)26)15-12-28-20(27)29-13-15)16-3-1-2-4-17(16)19(31)30-7-9-32-10-8-30/h1-6,11-14H,7-10H2,(H2,27,28,29). The van der Waals surface area contributed by atoms with Gasteiger partial charge in [-0.25, -0.2) is 14.4 Å². The van der Waals surface area contributed by atoms with Crippen LogP contribution in [0.5, 0.6) is 0 Å². The predicted molar refractivity (Wildman–Crippen MR) is 108 cm³/mol. The van der Waals surface area contributed by atoms with Crippen molar-refractivity contribution >= 4 is 11.9 Å². The number of carbonyl (C=O) groups is 1. The first-order valence-corrected chi connectivity index (χ1v) is 9.92. The van der Waals surface area contributed by atoms with Crippen molar-refractivity contribution in [2.45, 2.75) is 17.5 Å². The Labute approximate surface area is 181 Å². The maximum atomic E-state index is 15.3. The Balaban J connectivity index is 1.73. The molecule has 0 radical (unpaired) electrons. The molecule has 2 N–H and O–H groups in total. The van der Waals surface area contributed by atoms with Crippen molar-refractivity contribution in [3.63, 3.8) is 0 Å². The van der Waals surface area contributed by atoms with Crippen molar-refractivity contribution in [1.82, 2.24) is 14.9 Å². The number of amides is 1. The minimum atomic E-state index is -4.99. The van der Waals surface area contributed by atoms with Gasteiger partial charge in [0.1, 0.15) is 5.83 Å². The van der Waals surface area contributed by atoms with Gasteiger partial charge in [-0.15, -0.1) is 0 Å². The molecule has 10 heteroatoms. The minimum absolute atomic E-state index is 0.219. The number of nitrogens with two attached hydrogens (primary N) is 1. The molecule has 1 aromatic heterocycles. The van der Waals surface area contributed by atoms with Crippen LogP contribution in [0.3, 0.4) is 0 Å². The van der Waals surface area contributed by atoms with E-state index in [0.717, 1.165) is 24.5 Å². The third-order valence-electron chi connectivity index (χ3n) is 5.68. The highest BCUT2D eigenvalue weighted by molar-refractivity contribution is 5.96. The van der Waals surface area contributed by atoms with Gasteiger partial charge < -0.3 is 15.4 Å². The molecule has 1 aliphatic heterocycles. The van der Waals surface area contributed by atoms with Crippen LogP contribution in [0.1, 0.15) is 27.4 Å². The molecule has 4 rings (SSSR count). The van der Waals surface area contributed by atoms with Crippen LogP contribution in [0.4, 0.5) is 23.5 Å². The Bertz CT molecular complexity index is 1060. The van der Waals surface area contributed by atoms with Gasteiger partial charge in [0.15, 0.2) is 5.41 Å². The first kappa shape index (κ1) is 21.9. The Kier molecular flexibility index (Phi) is 5.72. The zero-order chi connectivity index (χ0) is 22.9. The van der Waals surface area contributed by atoms with Crippen LogP contribution in [-0.2, 0) is 10.2 Å². The smallest absolute Gasteiger partial charge is 0.378 e. The van der Waals surface area contributed by atoms with Gasteiger partial charge in [-0.3, -0.25) is 4.79 Å². The van der Waals surface area contributed by atoms with Crippen LogP contribution in [0.2, 0.25) is 0 Å². The van der Waals surface area contributed by atoms with Crippen molar-refractivity contribution in [2.24, 2.45) is 0 Å². The van der Waals surface area contributed by atoms with Crippen LogP contribution < -0.4 is 5.73 Å². The van der Waals surface area contributed by atoms with Crippen LogP contribution in [0, 0.1) is 0 Å². The number of benzene rings is 1. The topological polar surface area (TPSA) is 81.3 Å². The molecule has 168 valence electrons. The molecular formula is C22H20F4N4O2. The third-order valence-corrected chi connectivity index (χ3v) is 5.68. The Hall–Kier alpha value is -3.27. The highest BCUT2D eigenvalue weighted by Gasteiger charge is 2.59. The van der Waals surface area contributed by atoms with Crippen molar-refractivity contribution < 1.29 is 27.1 Å². The van der Waals surface area contributed by atoms with E-state index in [4.69, 9.17) is 10.5 Å². The van der Waals surface area contributed by atoms with Crippen molar-refractivity contribution in [3.8, 4) is 0 Å². The van der Waals surface area contributed by atoms with Gasteiger partial charge >= 0.3 is 6.18 Å². The quantitative estimate of drug-likeness (QED) is 0.574. The summed E-state index contributed by atoms with van der Waals surface area (Å²) in [4.78, 5) is 21.8. The Morgan fingerprint density at radius 3 is 2.44 bits per heavy atom. The van der Waals surface area contributed by atoms with E-state index in [0.29, 0.717) is 37.4 Å². The van der Waals surface area contributed by atoms with Crippen molar-refractivity contribution in [3.05, 3.63) is 77.4 Å². The number of anilines is 1. The molecule has 2 unspecified atom stereocenters. The summed E-state index contributed by atoms with van der Waals surface area (Å²) in [6, 6.07) is 6.52. The van der Waals surface area contributed by atoms with Gasteiger partial charge in [-0.1, -0.05) is 30.4 Å². The molecule has 1 amide bonds. The Morgan fingerprint density at radius 2 is 1.81 bits per heavy atom. The van der Waals surface area contributed by atoms with Crippen molar-refractivity contribution in [2.75, 3.05) is 32.0 Å². The summed E-state index contributed by atoms with van der Waals surface area (Å²) in [5.74, 6) is -2.77. The molecule has 0 bridgehead atoms. The van der Waals surface area contributed by atoms with E-state index >= 15 is 4.39 Å². The number of alkyl halides is 3. The first-order chi connectivity index (χ1) is 15.2. The summed E-state index contributed by atoms with van der Waals surface area (Å²) in [7, 11) is 0.